The van der Waals surface area contributed by atoms with Crippen molar-refractivity contribution in [2.24, 2.45) is 40.4 Å². The van der Waals surface area contributed by atoms with E-state index >= 15 is 0 Å². The van der Waals surface area contributed by atoms with E-state index in [1.165, 1.54) is 0 Å². The van der Waals surface area contributed by atoms with E-state index in [0.29, 0.717) is 42.6 Å². The van der Waals surface area contributed by atoms with Crippen LogP contribution >= 0.6 is 0 Å². The largest absolute Gasteiger partial charge is 0.396 e. The summed E-state index contributed by atoms with van der Waals surface area (Å²) >= 11 is 0. The van der Waals surface area contributed by atoms with Crippen molar-refractivity contribution in [1.29, 1.82) is 5.41 Å². The quantitative estimate of drug-likeness (QED) is 0.805. The lowest BCUT2D eigenvalue weighted by Gasteiger charge is -2.60. The zero-order chi connectivity index (χ0) is 18.0. The average Bonchev–Trinajstić information content (AvgIpc) is 2.91. The molecular weight excluding hydrogens is 314 g/mol. The zero-order valence-electron chi connectivity index (χ0n) is 15.5. The number of Topliss-reactive ketones (excluding diaryl/α,β-unsaturated/α-hetero) is 2. The topological polar surface area (TPSA) is 78.2 Å². The summed E-state index contributed by atoms with van der Waals surface area (Å²) in [5, 5.41) is 18.8. The summed E-state index contributed by atoms with van der Waals surface area (Å²) in [6.07, 6.45) is 6.31. The van der Waals surface area contributed by atoms with Crippen LogP contribution in [-0.2, 0) is 9.59 Å². The number of carbonyl (C=O) groups excluding carboxylic acids is 2. The Hall–Kier alpha value is -1.03. The van der Waals surface area contributed by atoms with E-state index in [4.69, 9.17) is 5.41 Å². The third kappa shape index (κ3) is 2.12. The molecule has 0 radical (unpaired) electrons. The number of hydrogen-bond acceptors (Lipinski definition) is 4. The Morgan fingerprint density at radius 1 is 1.16 bits per heavy atom. The number of nitrogens with one attached hydrogen (secondary N) is 1. The van der Waals surface area contributed by atoms with E-state index in [1.807, 2.05) is 0 Å². The lowest BCUT2D eigenvalue weighted by atomic mass is 9.43. The molecule has 2 N–H and O–H groups in total. The molecule has 4 saturated carbocycles. The van der Waals surface area contributed by atoms with Gasteiger partial charge in [-0.15, -0.1) is 0 Å². The summed E-state index contributed by atoms with van der Waals surface area (Å²) in [6, 6.07) is 0. The smallest absolute Gasteiger partial charge is 0.139 e. The Labute approximate surface area is 150 Å². The molecule has 0 amide bonds. The molecule has 4 aliphatic carbocycles. The summed E-state index contributed by atoms with van der Waals surface area (Å²) in [5.41, 5.74) is 0.120. The Morgan fingerprint density at radius 2 is 1.92 bits per heavy atom. The van der Waals surface area contributed by atoms with E-state index < -0.39 is 0 Å². The van der Waals surface area contributed by atoms with E-state index in [2.05, 4.69) is 13.8 Å². The molecule has 4 nitrogen and oxygen atoms in total. The van der Waals surface area contributed by atoms with Crippen LogP contribution in [0.2, 0.25) is 0 Å². The van der Waals surface area contributed by atoms with Crippen LogP contribution in [-0.4, -0.2) is 29.0 Å². The van der Waals surface area contributed by atoms with E-state index in [0.717, 1.165) is 32.1 Å². The molecule has 7 atom stereocenters. The van der Waals surface area contributed by atoms with E-state index in [1.54, 1.807) is 0 Å². The standard InChI is InChI=1S/C21H31NO3/c1-3-12-16(22)7-9-21(11-23)15-6-8-20(2)14(4-5-18(20)25)13(15)10-17(24)19(12)21/h12-15,19,22-23H,3-11H2,1-2H3/t12-,13?,14?,15?,19?,20-,21-/m0/s1. The highest BCUT2D eigenvalue weighted by atomic mass is 16.3. The predicted molar refractivity (Wildman–Crippen MR) is 95.4 cm³/mol. The Balaban J connectivity index is 1.76. The maximum Gasteiger partial charge on any atom is 0.139 e. The van der Waals surface area contributed by atoms with Gasteiger partial charge in [0.1, 0.15) is 11.6 Å². The summed E-state index contributed by atoms with van der Waals surface area (Å²) in [5.74, 6) is 1.39. The first-order chi connectivity index (χ1) is 11.9. The number of rotatable bonds is 2. The molecule has 0 aromatic heterocycles. The van der Waals surface area contributed by atoms with Crippen LogP contribution in [0.25, 0.3) is 0 Å². The van der Waals surface area contributed by atoms with Crippen molar-refractivity contribution >= 4 is 17.3 Å². The lowest BCUT2D eigenvalue weighted by molar-refractivity contribution is -0.165. The van der Waals surface area contributed by atoms with Crippen molar-refractivity contribution in [1.82, 2.24) is 0 Å². The molecule has 25 heavy (non-hydrogen) atoms. The molecule has 0 aromatic carbocycles. The second-order valence-corrected chi connectivity index (χ2v) is 9.37. The molecule has 4 heteroatoms. The molecule has 0 saturated heterocycles. The van der Waals surface area contributed by atoms with E-state index in [9.17, 15) is 14.7 Å². The molecule has 138 valence electrons. The van der Waals surface area contributed by atoms with Crippen molar-refractivity contribution in [2.45, 2.75) is 65.2 Å². The number of fused-ring (bicyclic) bond motifs is 5. The fraction of sp³-hybridized carbons (Fsp3) is 0.857. The van der Waals surface area contributed by atoms with Gasteiger partial charge in [0.15, 0.2) is 0 Å². The molecule has 4 fully saturated rings. The van der Waals surface area contributed by atoms with Crippen molar-refractivity contribution in [3.8, 4) is 0 Å². The molecule has 0 bridgehead atoms. The summed E-state index contributed by atoms with van der Waals surface area (Å²) in [6.45, 7) is 4.25. The van der Waals surface area contributed by atoms with Crippen LogP contribution in [0.15, 0.2) is 0 Å². The first-order valence-electron chi connectivity index (χ1n) is 10.1. The van der Waals surface area contributed by atoms with Gasteiger partial charge in [0.25, 0.3) is 0 Å². The molecular formula is C21H31NO3. The normalized spacial score (nSPS) is 49.6. The van der Waals surface area contributed by atoms with Crippen LogP contribution < -0.4 is 0 Å². The van der Waals surface area contributed by atoms with Gasteiger partial charge in [0.05, 0.1) is 0 Å². The Kier molecular flexibility index (Phi) is 3.99. The average molecular weight is 345 g/mol. The Bertz CT molecular complexity index is 629. The molecule has 0 heterocycles. The van der Waals surface area contributed by atoms with Crippen LogP contribution in [0.5, 0.6) is 0 Å². The highest BCUT2D eigenvalue weighted by Crippen LogP contribution is 2.65. The SMILES string of the molecule is CC[C@H]1C(=N)CC[C@]2(CO)C3CC[C@]4(C)C(=O)CCC4C3CC(=O)C12. The predicted octanol–water partition coefficient (Wildman–Crippen LogP) is 3.41. The minimum Gasteiger partial charge on any atom is -0.396 e. The molecule has 0 aliphatic heterocycles. The Morgan fingerprint density at radius 3 is 2.60 bits per heavy atom. The number of ketones is 2. The van der Waals surface area contributed by atoms with Gasteiger partial charge in [-0.2, -0.15) is 0 Å². The number of hydrogen-bond donors (Lipinski definition) is 2. The first kappa shape index (κ1) is 17.4. The molecule has 0 spiro atoms. The van der Waals surface area contributed by atoms with Crippen molar-refractivity contribution in [3.63, 3.8) is 0 Å². The monoisotopic (exact) mass is 345 g/mol. The van der Waals surface area contributed by atoms with E-state index in [-0.39, 0.29) is 41.0 Å². The van der Waals surface area contributed by atoms with Crippen molar-refractivity contribution in [3.05, 3.63) is 0 Å². The fourth-order valence-electron chi connectivity index (χ4n) is 7.46. The van der Waals surface area contributed by atoms with Crippen molar-refractivity contribution in [2.75, 3.05) is 6.61 Å². The summed E-state index contributed by atoms with van der Waals surface area (Å²) in [4.78, 5) is 25.7. The van der Waals surface area contributed by atoms with Crippen LogP contribution in [0, 0.1) is 45.8 Å². The maximum atomic E-state index is 13.2. The maximum absolute atomic E-state index is 13.2. The van der Waals surface area contributed by atoms with Gasteiger partial charge in [-0.1, -0.05) is 13.8 Å². The van der Waals surface area contributed by atoms with Crippen LogP contribution in [0.3, 0.4) is 0 Å². The highest BCUT2D eigenvalue weighted by Gasteiger charge is 2.64. The molecule has 0 aromatic rings. The van der Waals surface area contributed by atoms with Crippen molar-refractivity contribution < 1.29 is 14.7 Å². The number of aliphatic hydroxyl groups excluding tert-OH is 1. The highest BCUT2D eigenvalue weighted by molar-refractivity contribution is 5.94. The minimum atomic E-state index is -0.349. The summed E-state index contributed by atoms with van der Waals surface area (Å²) < 4.78 is 0. The zero-order valence-corrected chi connectivity index (χ0v) is 15.5. The second-order valence-electron chi connectivity index (χ2n) is 9.37. The van der Waals surface area contributed by atoms with Gasteiger partial charge in [-0.25, -0.2) is 0 Å². The second kappa shape index (κ2) is 5.73. The van der Waals surface area contributed by atoms with Crippen LogP contribution in [0.1, 0.15) is 65.2 Å². The number of carbonyl (C=O) groups is 2. The van der Waals surface area contributed by atoms with Crippen LogP contribution in [0.4, 0.5) is 0 Å². The number of aliphatic hydroxyl groups is 1. The lowest BCUT2D eigenvalue weighted by Crippen LogP contribution is -2.61. The third-order valence-electron chi connectivity index (χ3n) is 8.73. The van der Waals surface area contributed by atoms with Gasteiger partial charge in [-0.05, 0) is 56.3 Å². The summed E-state index contributed by atoms with van der Waals surface area (Å²) in [7, 11) is 0. The molecule has 4 unspecified atom stereocenters. The fourth-order valence-corrected chi connectivity index (χ4v) is 7.46. The third-order valence-corrected chi connectivity index (χ3v) is 8.73. The van der Waals surface area contributed by atoms with Gasteiger partial charge in [-0.3, -0.25) is 9.59 Å². The van der Waals surface area contributed by atoms with Gasteiger partial charge >= 0.3 is 0 Å². The van der Waals surface area contributed by atoms with Gasteiger partial charge < -0.3 is 10.5 Å². The van der Waals surface area contributed by atoms with Gasteiger partial charge in [0.2, 0.25) is 0 Å². The first-order valence-corrected chi connectivity index (χ1v) is 10.1. The molecule has 4 aliphatic rings. The molecule has 4 rings (SSSR count). The van der Waals surface area contributed by atoms with Gasteiger partial charge in [0, 0.05) is 47.8 Å². The minimum absolute atomic E-state index is 0.00729.